The van der Waals surface area contributed by atoms with E-state index in [-0.39, 0.29) is 17.6 Å². The van der Waals surface area contributed by atoms with Gasteiger partial charge >= 0.3 is 0 Å². The minimum atomic E-state index is -0.171. The number of nitrogens with one attached hydrogen (secondary N) is 1. The summed E-state index contributed by atoms with van der Waals surface area (Å²) in [5, 5.41) is 2.74. The molecule has 0 spiro atoms. The van der Waals surface area contributed by atoms with Crippen molar-refractivity contribution in [1.29, 1.82) is 0 Å². The molecular weight excluding hydrogens is 296 g/mol. The first-order chi connectivity index (χ1) is 11.0. The number of hydrogen-bond donors (Lipinski definition) is 1. The summed E-state index contributed by atoms with van der Waals surface area (Å²) in [5.41, 5.74) is 3.25. The van der Waals surface area contributed by atoms with Gasteiger partial charge in [0.05, 0.1) is 12.7 Å². The minimum Gasteiger partial charge on any atom is -0.375 e. The van der Waals surface area contributed by atoms with Crippen LogP contribution in [0.5, 0.6) is 0 Å². The summed E-state index contributed by atoms with van der Waals surface area (Å²) in [7, 11) is 0. The highest BCUT2D eigenvalue weighted by atomic mass is 16.5. The molecule has 0 unspecified atom stereocenters. The molecule has 3 rings (SSSR count). The molecule has 1 atom stereocenters. The Hall–Kier alpha value is -2.15. The molecule has 0 aliphatic carbocycles. The molecule has 0 aromatic carbocycles. The highest BCUT2D eigenvalue weighted by Crippen LogP contribution is 2.16. The van der Waals surface area contributed by atoms with Gasteiger partial charge in [0.15, 0.2) is 5.65 Å². The molecule has 1 aliphatic rings. The molecule has 1 saturated heterocycles. The summed E-state index contributed by atoms with van der Waals surface area (Å²) in [4.78, 5) is 30.2. The lowest BCUT2D eigenvalue weighted by Crippen LogP contribution is -2.44. The molecule has 23 heavy (non-hydrogen) atoms. The molecule has 1 amide bonds. The van der Waals surface area contributed by atoms with Gasteiger partial charge in [-0.2, -0.15) is 0 Å². The Morgan fingerprint density at radius 2 is 2.26 bits per heavy atom. The molecule has 7 nitrogen and oxygen atoms in total. The van der Waals surface area contributed by atoms with Gasteiger partial charge in [-0.15, -0.1) is 0 Å². The van der Waals surface area contributed by atoms with Gasteiger partial charge in [-0.05, 0) is 32.8 Å². The number of amides is 1. The summed E-state index contributed by atoms with van der Waals surface area (Å²) >= 11 is 0. The molecule has 1 fully saturated rings. The van der Waals surface area contributed by atoms with Gasteiger partial charge in [0.25, 0.3) is 5.56 Å². The van der Waals surface area contributed by atoms with Crippen LogP contribution in [0.3, 0.4) is 0 Å². The lowest BCUT2D eigenvalue weighted by Gasteiger charge is -2.31. The fourth-order valence-electron chi connectivity index (χ4n) is 3.15. The standard InChI is InChI=1S/C16H22N4O3/c1-10-9-19(6-7-23-10)16(22)5-4-13-11(2)17-14-8-15(21)18-20(14)12(13)3/h8,10H,4-7,9H2,1-3H3,(H,18,21)/t10-/m1/s1. The zero-order chi connectivity index (χ0) is 16.6. The third-order valence-corrected chi connectivity index (χ3v) is 4.39. The first-order valence-corrected chi connectivity index (χ1v) is 7.93. The summed E-state index contributed by atoms with van der Waals surface area (Å²) in [6.07, 6.45) is 1.15. The van der Waals surface area contributed by atoms with Crippen molar-refractivity contribution in [3.63, 3.8) is 0 Å². The van der Waals surface area contributed by atoms with Crippen LogP contribution in [0.25, 0.3) is 5.65 Å². The van der Waals surface area contributed by atoms with E-state index in [0.29, 0.717) is 38.2 Å². The molecule has 0 bridgehead atoms. The lowest BCUT2D eigenvalue weighted by atomic mass is 10.1. The SMILES string of the molecule is Cc1nc2cc(=O)[nH]n2c(C)c1CCC(=O)N1CCO[C@H](C)C1. The van der Waals surface area contributed by atoms with E-state index in [2.05, 4.69) is 10.1 Å². The van der Waals surface area contributed by atoms with E-state index < -0.39 is 0 Å². The van der Waals surface area contributed by atoms with Crippen LogP contribution in [0.15, 0.2) is 10.9 Å². The van der Waals surface area contributed by atoms with Crippen molar-refractivity contribution in [3.8, 4) is 0 Å². The first-order valence-electron chi connectivity index (χ1n) is 7.93. The van der Waals surface area contributed by atoms with Gasteiger partial charge in [-0.25, -0.2) is 9.50 Å². The zero-order valence-electron chi connectivity index (χ0n) is 13.8. The number of aromatic nitrogens is 3. The Bertz CT molecular complexity index is 792. The maximum atomic E-state index is 12.4. The number of hydrogen-bond acceptors (Lipinski definition) is 4. The third-order valence-electron chi connectivity index (χ3n) is 4.39. The highest BCUT2D eigenvalue weighted by molar-refractivity contribution is 5.76. The monoisotopic (exact) mass is 318 g/mol. The number of nitrogens with zero attached hydrogens (tertiary/aromatic N) is 3. The van der Waals surface area contributed by atoms with Gasteiger partial charge in [-0.3, -0.25) is 14.7 Å². The van der Waals surface area contributed by atoms with E-state index in [4.69, 9.17) is 4.74 Å². The molecule has 2 aromatic rings. The molecular formula is C16H22N4O3. The van der Waals surface area contributed by atoms with Crippen LogP contribution >= 0.6 is 0 Å². The number of aryl methyl sites for hydroxylation is 2. The fourth-order valence-corrected chi connectivity index (χ4v) is 3.15. The summed E-state index contributed by atoms with van der Waals surface area (Å²) in [5.74, 6) is 0.139. The Labute approximate surface area is 134 Å². The van der Waals surface area contributed by atoms with E-state index in [1.165, 1.54) is 6.07 Å². The highest BCUT2D eigenvalue weighted by Gasteiger charge is 2.21. The number of carbonyl (C=O) groups is 1. The number of aromatic amines is 1. The normalized spacial score (nSPS) is 18.6. The van der Waals surface area contributed by atoms with Crippen LogP contribution in [0, 0.1) is 13.8 Å². The quantitative estimate of drug-likeness (QED) is 0.908. The number of ether oxygens (including phenoxy) is 1. The van der Waals surface area contributed by atoms with Crippen LogP contribution in [-0.4, -0.2) is 51.2 Å². The average Bonchev–Trinajstić information content (AvgIpc) is 2.87. The molecule has 1 aliphatic heterocycles. The number of morpholine rings is 1. The third kappa shape index (κ3) is 3.14. The van der Waals surface area contributed by atoms with E-state index in [1.54, 1.807) is 4.52 Å². The van der Waals surface area contributed by atoms with Crippen LogP contribution < -0.4 is 5.56 Å². The number of H-pyrrole nitrogens is 1. The van der Waals surface area contributed by atoms with Crippen LogP contribution in [0.2, 0.25) is 0 Å². The first kappa shape index (κ1) is 15.7. The van der Waals surface area contributed by atoms with E-state index in [1.807, 2.05) is 25.7 Å². The average molecular weight is 318 g/mol. The molecule has 0 saturated carbocycles. The second-order valence-electron chi connectivity index (χ2n) is 6.10. The Morgan fingerprint density at radius 1 is 1.48 bits per heavy atom. The number of carbonyl (C=O) groups excluding carboxylic acids is 1. The van der Waals surface area contributed by atoms with Crippen molar-refractivity contribution >= 4 is 11.6 Å². The molecule has 124 valence electrons. The second kappa shape index (κ2) is 6.16. The summed E-state index contributed by atoms with van der Waals surface area (Å²) in [6, 6.07) is 1.48. The van der Waals surface area contributed by atoms with Crippen molar-refractivity contribution < 1.29 is 9.53 Å². The fraction of sp³-hybridized carbons (Fsp3) is 0.562. The predicted molar refractivity (Wildman–Crippen MR) is 85.6 cm³/mol. The van der Waals surface area contributed by atoms with Gasteiger partial charge in [-0.1, -0.05) is 0 Å². The Kier molecular flexibility index (Phi) is 4.21. The molecule has 2 aromatic heterocycles. The van der Waals surface area contributed by atoms with Gasteiger partial charge in [0.1, 0.15) is 0 Å². The topological polar surface area (TPSA) is 79.7 Å². The number of fused-ring (bicyclic) bond motifs is 1. The predicted octanol–water partition coefficient (Wildman–Crippen LogP) is 0.819. The molecule has 3 heterocycles. The second-order valence-corrected chi connectivity index (χ2v) is 6.10. The van der Waals surface area contributed by atoms with Crippen LogP contribution in [-0.2, 0) is 16.0 Å². The van der Waals surface area contributed by atoms with E-state index in [0.717, 1.165) is 17.0 Å². The van der Waals surface area contributed by atoms with Crippen LogP contribution in [0.4, 0.5) is 0 Å². The van der Waals surface area contributed by atoms with Crippen molar-refractivity contribution in [3.05, 3.63) is 33.4 Å². The molecule has 7 heteroatoms. The number of rotatable bonds is 3. The molecule has 1 N–H and O–H groups in total. The van der Waals surface area contributed by atoms with Crippen LogP contribution in [0.1, 0.15) is 30.3 Å². The largest absolute Gasteiger partial charge is 0.375 e. The maximum absolute atomic E-state index is 12.4. The van der Waals surface area contributed by atoms with Gasteiger partial charge in [0.2, 0.25) is 5.91 Å². The van der Waals surface area contributed by atoms with Crippen molar-refractivity contribution in [2.24, 2.45) is 0 Å². The Balaban J connectivity index is 1.76. The van der Waals surface area contributed by atoms with Gasteiger partial charge in [0, 0.05) is 37.0 Å². The minimum absolute atomic E-state index is 0.0964. The van der Waals surface area contributed by atoms with Gasteiger partial charge < -0.3 is 9.64 Å². The van der Waals surface area contributed by atoms with E-state index in [9.17, 15) is 9.59 Å². The summed E-state index contributed by atoms with van der Waals surface area (Å²) < 4.78 is 7.16. The molecule has 0 radical (unpaired) electrons. The van der Waals surface area contributed by atoms with Crippen molar-refractivity contribution in [2.45, 2.75) is 39.7 Å². The van der Waals surface area contributed by atoms with Crippen molar-refractivity contribution in [2.75, 3.05) is 19.7 Å². The smallest absolute Gasteiger partial charge is 0.266 e. The Morgan fingerprint density at radius 3 is 3.00 bits per heavy atom. The lowest BCUT2D eigenvalue weighted by molar-refractivity contribution is -0.138. The maximum Gasteiger partial charge on any atom is 0.266 e. The zero-order valence-corrected chi connectivity index (χ0v) is 13.8. The van der Waals surface area contributed by atoms with Crippen molar-refractivity contribution in [1.82, 2.24) is 19.5 Å². The van der Waals surface area contributed by atoms with E-state index >= 15 is 0 Å². The summed E-state index contributed by atoms with van der Waals surface area (Å²) in [6.45, 7) is 7.74.